The lowest BCUT2D eigenvalue weighted by molar-refractivity contribution is -0.671. The van der Waals surface area contributed by atoms with E-state index >= 15 is 0 Å². The summed E-state index contributed by atoms with van der Waals surface area (Å²) in [6, 6.07) is 24.5. The molecular formula is C42H36N2O4. The lowest BCUT2D eigenvalue weighted by atomic mass is 9.84. The molecule has 0 saturated carbocycles. The minimum Gasteiger partial charge on any atom is -0.871 e. The summed E-state index contributed by atoms with van der Waals surface area (Å²) < 4.78 is 2.20. The molecule has 48 heavy (non-hydrogen) atoms. The van der Waals surface area contributed by atoms with E-state index in [-0.39, 0.29) is 44.0 Å². The van der Waals surface area contributed by atoms with Crippen LogP contribution in [0.5, 0.6) is 0 Å². The van der Waals surface area contributed by atoms with Crippen LogP contribution in [0.1, 0.15) is 50.7 Å². The van der Waals surface area contributed by atoms with Crippen LogP contribution < -0.4 is 35.9 Å². The molecular weight excluding hydrogens is 596 g/mol. The molecule has 2 heterocycles. The van der Waals surface area contributed by atoms with Crippen molar-refractivity contribution < 1.29 is 14.5 Å². The Hall–Kier alpha value is -5.62. The van der Waals surface area contributed by atoms with Crippen LogP contribution in [0.4, 0.5) is 5.69 Å². The Kier molecular flexibility index (Phi) is 8.32. The number of aryl methyl sites for hydroxylation is 1. The van der Waals surface area contributed by atoms with Gasteiger partial charge in [0.2, 0.25) is 16.4 Å². The lowest BCUT2D eigenvalue weighted by Gasteiger charge is -2.31. The number of carbonyl (C=O) groups is 1. The minimum absolute atomic E-state index is 0.120. The summed E-state index contributed by atoms with van der Waals surface area (Å²) in [6.07, 6.45) is 13.6. The largest absolute Gasteiger partial charge is 0.871 e. The van der Waals surface area contributed by atoms with Crippen LogP contribution in [0.25, 0.3) is 28.1 Å². The molecule has 0 radical (unpaired) electrons. The molecule has 5 aromatic rings. The molecule has 238 valence electrons. The van der Waals surface area contributed by atoms with Crippen molar-refractivity contribution in [3.63, 3.8) is 0 Å². The van der Waals surface area contributed by atoms with Gasteiger partial charge in [0, 0.05) is 53.7 Å². The van der Waals surface area contributed by atoms with Crippen molar-refractivity contribution in [1.29, 1.82) is 0 Å². The quantitative estimate of drug-likeness (QED) is 0.240. The number of allylic oxidation sites excluding steroid dienone is 5. The highest BCUT2D eigenvalue weighted by Crippen LogP contribution is 2.36. The molecule has 4 aromatic carbocycles. The number of aromatic nitrogens is 1. The summed E-state index contributed by atoms with van der Waals surface area (Å²) in [5, 5.41) is 15.5. The number of hydrogen-bond acceptors (Lipinski definition) is 5. The molecule has 0 fully saturated rings. The van der Waals surface area contributed by atoms with E-state index in [4.69, 9.17) is 0 Å². The lowest BCUT2D eigenvalue weighted by Crippen LogP contribution is -2.49. The second-order valence-corrected chi connectivity index (χ2v) is 12.4. The predicted octanol–water partition coefficient (Wildman–Crippen LogP) is 4.20. The summed E-state index contributed by atoms with van der Waals surface area (Å²) in [5.41, 5.74) is 4.41. The maximum Gasteiger partial charge on any atom is 0.213 e. The number of Topliss-reactive ketones (excluding diaryl/α,β-unsaturated/α-hetero) is 1. The summed E-state index contributed by atoms with van der Waals surface area (Å²) in [6.45, 7) is 6.12. The Morgan fingerprint density at radius 1 is 0.792 bits per heavy atom. The molecule has 0 unspecified atom stereocenters. The van der Waals surface area contributed by atoms with Crippen molar-refractivity contribution in [2.75, 3.05) is 11.4 Å². The van der Waals surface area contributed by atoms with Crippen LogP contribution in [0, 0.1) is 10.4 Å². The normalized spacial score (nSPS) is 15.0. The number of ketones is 1. The van der Waals surface area contributed by atoms with Crippen LogP contribution >= 0.6 is 0 Å². The highest BCUT2D eigenvalue weighted by molar-refractivity contribution is 6.37. The molecule has 0 spiro atoms. The number of unbranched alkanes of at least 4 members (excludes halogenated alkanes) is 2. The SMILES string of the molecule is CCCCN1C=C/C(=C/C2=C([O-])C(=c3ccc(=c4c(=O)c(=Cc5cc[n+](CCCC)c6ccccc56)c4=O)cc3)C2=O)c2ccccc21. The van der Waals surface area contributed by atoms with Gasteiger partial charge in [0.05, 0.1) is 15.8 Å². The third kappa shape index (κ3) is 5.33. The van der Waals surface area contributed by atoms with Gasteiger partial charge in [-0.3, -0.25) is 14.4 Å². The summed E-state index contributed by atoms with van der Waals surface area (Å²) >= 11 is 0. The summed E-state index contributed by atoms with van der Waals surface area (Å²) in [7, 11) is 0. The van der Waals surface area contributed by atoms with Gasteiger partial charge in [0.25, 0.3) is 0 Å². The molecule has 1 aromatic heterocycles. The van der Waals surface area contributed by atoms with E-state index in [2.05, 4.69) is 35.4 Å². The van der Waals surface area contributed by atoms with Gasteiger partial charge in [-0.15, -0.1) is 0 Å². The Morgan fingerprint density at radius 3 is 2.25 bits per heavy atom. The fourth-order valence-corrected chi connectivity index (χ4v) is 6.64. The molecule has 6 nitrogen and oxygen atoms in total. The van der Waals surface area contributed by atoms with E-state index in [9.17, 15) is 19.5 Å². The van der Waals surface area contributed by atoms with Crippen molar-refractivity contribution in [2.45, 2.75) is 46.1 Å². The zero-order chi connectivity index (χ0) is 33.4. The minimum atomic E-state index is -0.306. The van der Waals surface area contributed by atoms with Crippen LogP contribution in [-0.4, -0.2) is 12.3 Å². The zero-order valence-electron chi connectivity index (χ0n) is 27.2. The molecule has 1 aliphatic heterocycles. The standard InChI is InChI=1S/C42H36N2O4/c1-3-5-21-43-23-19-29(31-11-7-9-13-35(31)43)25-33-39(45)37(40(33)46)27-15-17-28(18-16-27)38-41(47)34(42(38)48)26-30-20-24-44(22-6-4-2)36-14-10-8-12-32(30)36/h7-20,23-26H,3-6,21-22H2,1-2H3/b29-25-. The fraction of sp³-hybridized carbons (Fsp3) is 0.190. The molecule has 7 rings (SSSR count). The number of pyridine rings is 1. The smallest absolute Gasteiger partial charge is 0.213 e. The number of carbonyl (C=O) groups excluding carboxylic acids is 1. The van der Waals surface area contributed by atoms with Gasteiger partial charge in [-0.2, -0.15) is 4.57 Å². The van der Waals surface area contributed by atoms with Gasteiger partial charge in [0.15, 0.2) is 12.0 Å². The molecule has 1 aliphatic carbocycles. The van der Waals surface area contributed by atoms with Crippen LogP contribution in [0.2, 0.25) is 0 Å². The van der Waals surface area contributed by atoms with E-state index in [0.29, 0.717) is 10.4 Å². The number of anilines is 1. The Balaban J connectivity index is 1.22. The van der Waals surface area contributed by atoms with Crippen LogP contribution in [-0.2, 0) is 11.3 Å². The predicted molar refractivity (Wildman–Crippen MR) is 189 cm³/mol. The Bertz CT molecular complexity index is 2460. The highest BCUT2D eigenvalue weighted by Gasteiger charge is 2.27. The molecule has 0 N–H and O–H groups in total. The van der Waals surface area contributed by atoms with E-state index in [0.717, 1.165) is 72.1 Å². The van der Waals surface area contributed by atoms with Crippen molar-refractivity contribution in [3.05, 3.63) is 167 Å². The number of nitrogens with zero attached hydrogens (tertiary/aromatic N) is 2. The first-order valence-corrected chi connectivity index (χ1v) is 16.7. The van der Waals surface area contributed by atoms with Gasteiger partial charge < -0.3 is 10.0 Å². The first-order valence-electron chi connectivity index (χ1n) is 16.7. The number of benzene rings is 3. The third-order valence-electron chi connectivity index (χ3n) is 9.37. The Morgan fingerprint density at radius 2 is 1.50 bits per heavy atom. The maximum absolute atomic E-state index is 13.2. The fourth-order valence-electron chi connectivity index (χ4n) is 6.64. The van der Waals surface area contributed by atoms with Crippen molar-refractivity contribution >= 4 is 39.6 Å². The highest BCUT2D eigenvalue weighted by atomic mass is 16.3. The van der Waals surface area contributed by atoms with Crippen molar-refractivity contribution in [2.24, 2.45) is 0 Å². The van der Waals surface area contributed by atoms with Crippen molar-refractivity contribution in [1.82, 2.24) is 0 Å². The van der Waals surface area contributed by atoms with Crippen molar-refractivity contribution in [3.8, 4) is 0 Å². The van der Waals surface area contributed by atoms with E-state index < -0.39 is 0 Å². The van der Waals surface area contributed by atoms with E-state index in [1.54, 1.807) is 36.4 Å². The molecule has 6 heteroatoms. The number of hydrogen-bond donors (Lipinski definition) is 0. The average molecular weight is 633 g/mol. The monoisotopic (exact) mass is 632 g/mol. The summed E-state index contributed by atoms with van der Waals surface area (Å²) in [5.74, 6) is -0.612. The van der Waals surface area contributed by atoms with Gasteiger partial charge >= 0.3 is 0 Å². The first kappa shape index (κ1) is 31.0. The maximum atomic E-state index is 13.2. The van der Waals surface area contributed by atoms with E-state index in [1.165, 1.54) is 0 Å². The Labute approximate surface area is 278 Å². The van der Waals surface area contributed by atoms with E-state index in [1.807, 2.05) is 60.9 Å². The number of para-hydroxylation sites is 2. The molecule has 0 saturated heterocycles. The van der Waals surface area contributed by atoms with Gasteiger partial charge in [-0.05, 0) is 58.4 Å². The van der Waals surface area contributed by atoms with Crippen LogP contribution in [0.3, 0.4) is 0 Å². The molecule has 0 amide bonds. The number of fused-ring (bicyclic) bond motifs is 2. The topological polar surface area (TPSA) is 81.4 Å². The molecule has 0 bridgehead atoms. The molecule has 2 aliphatic rings. The van der Waals surface area contributed by atoms with Gasteiger partial charge in [-0.25, -0.2) is 0 Å². The van der Waals surface area contributed by atoms with Crippen LogP contribution in [0.15, 0.2) is 124 Å². The van der Waals surface area contributed by atoms with Gasteiger partial charge in [0.1, 0.15) is 6.54 Å². The zero-order valence-corrected chi connectivity index (χ0v) is 27.2. The number of rotatable bonds is 8. The summed E-state index contributed by atoms with van der Waals surface area (Å²) in [4.78, 5) is 41.9. The first-order chi connectivity index (χ1) is 23.4. The average Bonchev–Trinajstić information content (AvgIpc) is 3.12. The molecule has 0 atom stereocenters. The van der Waals surface area contributed by atoms with Gasteiger partial charge in [-0.1, -0.05) is 87.0 Å². The second-order valence-electron chi connectivity index (χ2n) is 12.4. The third-order valence-corrected chi connectivity index (χ3v) is 9.37. The second kappa shape index (κ2) is 12.9.